The third kappa shape index (κ3) is 5.32. The molecule has 0 unspecified atom stereocenters. The van der Waals surface area contributed by atoms with Crippen LogP contribution in [0.25, 0.3) is 11.3 Å². The molecule has 0 spiro atoms. The van der Waals surface area contributed by atoms with E-state index in [1.54, 1.807) is 7.11 Å². The molecule has 1 aromatic carbocycles. The van der Waals surface area contributed by atoms with Gasteiger partial charge in [0.05, 0.1) is 18.3 Å². The molecule has 0 aliphatic heterocycles. The van der Waals surface area contributed by atoms with E-state index in [9.17, 15) is 4.79 Å². The zero-order valence-corrected chi connectivity index (χ0v) is 15.4. The van der Waals surface area contributed by atoms with E-state index in [0.717, 1.165) is 22.6 Å². The number of hydrogen-bond acceptors (Lipinski definition) is 4. The van der Waals surface area contributed by atoms with Gasteiger partial charge in [0.25, 0.3) is 0 Å². The first kappa shape index (κ1) is 19.0. The van der Waals surface area contributed by atoms with Crippen LogP contribution >= 0.6 is 0 Å². The van der Waals surface area contributed by atoms with Crippen LogP contribution in [0, 0.1) is 0 Å². The van der Waals surface area contributed by atoms with E-state index < -0.39 is 5.97 Å². The summed E-state index contributed by atoms with van der Waals surface area (Å²) >= 11 is 0. The van der Waals surface area contributed by atoms with Gasteiger partial charge in [0.15, 0.2) is 0 Å². The van der Waals surface area contributed by atoms with Crippen LogP contribution in [0.4, 0.5) is 0 Å². The SMILES string of the molecule is COc1cccc(-c2nn(C(C)(C)C)cc2CNCCCC(=O)O)c1. The van der Waals surface area contributed by atoms with E-state index in [1.807, 2.05) is 28.9 Å². The maximum Gasteiger partial charge on any atom is 0.303 e. The van der Waals surface area contributed by atoms with Gasteiger partial charge in [-0.15, -0.1) is 0 Å². The Morgan fingerprint density at radius 3 is 2.76 bits per heavy atom. The van der Waals surface area contributed by atoms with Crippen LogP contribution in [0.5, 0.6) is 5.75 Å². The highest BCUT2D eigenvalue weighted by Crippen LogP contribution is 2.27. The predicted octanol–water partition coefficient (Wildman–Crippen LogP) is 3.27. The van der Waals surface area contributed by atoms with Gasteiger partial charge in [-0.05, 0) is 45.9 Å². The lowest BCUT2D eigenvalue weighted by Crippen LogP contribution is -2.22. The number of aromatic nitrogens is 2. The van der Waals surface area contributed by atoms with Crippen LogP contribution in [0.1, 0.15) is 39.2 Å². The van der Waals surface area contributed by atoms with Crippen molar-refractivity contribution in [2.75, 3.05) is 13.7 Å². The van der Waals surface area contributed by atoms with E-state index in [4.69, 9.17) is 14.9 Å². The number of hydrogen-bond donors (Lipinski definition) is 2. The molecule has 0 bridgehead atoms. The lowest BCUT2D eigenvalue weighted by atomic mass is 10.1. The van der Waals surface area contributed by atoms with E-state index in [2.05, 4.69) is 32.3 Å². The Morgan fingerprint density at radius 1 is 1.36 bits per heavy atom. The van der Waals surface area contributed by atoms with Crippen LogP contribution in [0.15, 0.2) is 30.5 Å². The molecular formula is C19H27N3O3. The molecule has 0 amide bonds. The second-order valence-electron chi connectivity index (χ2n) is 7.02. The van der Waals surface area contributed by atoms with Gasteiger partial charge in [-0.2, -0.15) is 5.10 Å². The topological polar surface area (TPSA) is 76.4 Å². The normalized spacial score (nSPS) is 11.5. The highest BCUT2D eigenvalue weighted by molar-refractivity contribution is 5.66. The fourth-order valence-electron chi connectivity index (χ4n) is 2.48. The second kappa shape index (κ2) is 8.16. The molecule has 0 fully saturated rings. The minimum atomic E-state index is -0.764. The van der Waals surface area contributed by atoms with Crippen molar-refractivity contribution >= 4 is 5.97 Å². The summed E-state index contributed by atoms with van der Waals surface area (Å²) in [4.78, 5) is 10.6. The first-order valence-electron chi connectivity index (χ1n) is 8.47. The van der Waals surface area contributed by atoms with Gasteiger partial charge >= 0.3 is 5.97 Å². The van der Waals surface area contributed by atoms with Crippen molar-refractivity contribution in [3.05, 3.63) is 36.0 Å². The highest BCUT2D eigenvalue weighted by atomic mass is 16.5. The van der Waals surface area contributed by atoms with E-state index in [1.165, 1.54) is 0 Å². The summed E-state index contributed by atoms with van der Waals surface area (Å²) in [6.45, 7) is 7.63. The zero-order valence-electron chi connectivity index (χ0n) is 15.4. The molecule has 0 radical (unpaired) electrons. The monoisotopic (exact) mass is 345 g/mol. The van der Waals surface area contributed by atoms with Gasteiger partial charge in [-0.1, -0.05) is 12.1 Å². The van der Waals surface area contributed by atoms with Gasteiger partial charge in [0.2, 0.25) is 0 Å². The maximum atomic E-state index is 10.6. The fraction of sp³-hybridized carbons (Fsp3) is 0.474. The van der Waals surface area contributed by atoms with Crippen molar-refractivity contribution in [3.8, 4) is 17.0 Å². The van der Waals surface area contributed by atoms with Crippen molar-refractivity contribution in [3.63, 3.8) is 0 Å². The maximum absolute atomic E-state index is 10.6. The number of carboxylic acids is 1. The Balaban J connectivity index is 2.21. The number of benzene rings is 1. The number of methoxy groups -OCH3 is 1. The summed E-state index contributed by atoms with van der Waals surface area (Å²) in [5, 5.41) is 16.8. The fourth-order valence-corrected chi connectivity index (χ4v) is 2.48. The molecule has 0 aliphatic rings. The van der Waals surface area contributed by atoms with Crippen molar-refractivity contribution in [2.24, 2.45) is 0 Å². The first-order chi connectivity index (χ1) is 11.8. The largest absolute Gasteiger partial charge is 0.497 e. The van der Waals surface area contributed by atoms with Crippen LogP contribution in [-0.2, 0) is 16.9 Å². The molecule has 0 saturated heterocycles. The number of carboxylic acid groups (broad SMARTS) is 1. The summed E-state index contributed by atoms with van der Waals surface area (Å²) in [7, 11) is 1.65. The Labute approximate surface area is 148 Å². The van der Waals surface area contributed by atoms with Crippen LogP contribution < -0.4 is 10.1 Å². The summed E-state index contributed by atoms with van der Waals surface area (Å²) in [6, 6.07) is 7.86. The third-order valence-electron chi connectivity index (χ3n) is 3.88. The van der Waals surface area contributed by atoms with Gasteiger partial charge in [-0.3, -0.25) is 9.48 Å². The summed E-state index contributed by atoms with van der Waals surface area (Å²) in [5.41, 5.74) is 2.89. The predicted molar refractivity (Wildman–Crippen MR) is 97.8 cm³/mol. The number of ether oxygens (including phenoxy) is 1. The highest BCUT2D eigenvalue weighted by Gasteiger charge is 2.19. The molecule has 25 heavy (non-hydrogen) atoms. The lowest BCUT2D eigenvalue weighted by molar-refractivity contribution is -0.137. The Morgan fingerprint density at radius 2 is 2.12 bits per heavy atom. The summed E-state index contributed by atoms with van der Waals surface area (Å²) in [5.74, 6) is 0.0302. The molecule has 136 valence electrons. The molecule has 2 N–H and O–H groups in total. The number of aliphatic carboxylic acids is 1. The van der Waals surface area contributed by atoms with Gasteiger partial charge < -0.3 is 15.2 Å². The molecule has 2 aromatic rings. The van der Waals surface area contributed by atoms with Gasteiger partial charge in [0, 0.05) is 30.3 Å². The standard InChI is InChI=1S/C19H27N3O3/c1-19(2,3)22-13-15(12-20-10-6-9-17(23)24)18(21-22)14-7-5-8-16(11-14)25-4/h5,7-8,11,13,20H,6,9-10,12H2,1-4H3,(H,23,24). The molecule has 0 saturated carbocycles. The quantitative estimate of drug-likeness (QED) is 0.718. The number of carbonyl (C=O) groups is 1. The van der Waals surface area contributed by atoms with E-state index >= 15 is 0 Å². The number of nitrogens with one attached hydrogen (secondary N) is 1. The third-order valence-corrected chi connectivity index (χ3v) is 3.88. The summed E-state index contributed by atoms with van der Waals surface area (Å²) in [6.07, 6.45) is 2.84. The Kier molecular flexibility index (Phi) is 6.20. The number of rotatable bonds is 8. The van der Waals surface area contributed by atoms with Gasteiger partial charge in [-0.25, -0.2) is 0 Å². The number of nitrogens with zero attached hydrogens (tertiary/aromatic N) is 2. The van der Waals surface area contributed by atoms with Crippen molar-refractivity contribution in [1.29, 1.82) is 0 Å². The van der Waals surface area contributed by atoms with Crippen LogP contribution in [0.3, 0.4) is 0 Å². The Bertz CT molecular complexity index is 717. The molecular weight excluding hydrogens is 318 g/mol. The van der Waals surface area contributed by atoms with Crippen molar-refractivity contribution in [1.82, 2.24) is 15.1 Å². The lowest BCUT2D eigenvalue weighted by Gasteiger charge is -2.18. The minimum Gasteiger partial charge on any atom is -0.497 e. The van der Waals surface area contributed by atoms with Crippen LogP contribution in [-0.4, -0.2) is 34.5 Å². The average Bonchev–Trinajstić information content (AvgIpc) is 2.99. The summed E-state index contributed by atoms with van der Waals surface area (Å²) < 4.78 is 7.29. The smallest absolute Gasteiger partial charge is 0.303 e. The molecule has 1 aromatic heterocycles. The van der Waals surface area contributed by atoms with Gasteiger partial charge in [0.1, 0.15) is 5.75 Å². The first-order valence-corrected chi connectivity index (χ1v) is 8.47. The van der Waals surface area contributed by atoms with Crippen LogP contribution in [0.2, 0.25) is 0 Å². The van der Waals surface area contributed by atoms with E-state index in [0.29, 0.717) is 19.5 Å². The van der Waals surface area contributed by atoms with Crippen molar-refractivity contribution in [2.45, 2.75) is 45.7 Å². The average molecular weight is 345 g/mol. The minimum absolute atomic E-state index is 0.116. The van der Waals surface area contributed by atoms with Crippen molar-refractivity contribution < 1.29 is 14.6 Å². The molecule has 0 atom stereocenters. The molecule has 2 rings (SSSR count). The molecule has 0 aliphatic carbocycles. The Hall–Kier alpha value is -2.34. The zero-order chi connectivity index (χ0) is 18.4. The molecule has 1 heterocycles. The molecule has 6 heteroatoms. The van der Waals surface area contributed by atoms with E-state index in [-0.39, 0.29) is 12.0 Å². The second-order valence-corrected chi connectivity index (χ2v) is 7.02. The molecule has 6 nitrogen and oxygen atoms in total.